The van der Waals surface area contributed by atoms with E-state index >= 15 is 0 Å². The summed E-state index contributed by atoms with van der Waals surface area (Å²) < 4.78 is 60.7. The van der Waals surface area contributed by atoms with Gasteiger partial charge in [0.1, 0.15) is 23.9 Å². The van der Waals surface area contributed by atoms with Gasteiger partial charge < -0.3 is 19.9 Å². The Morgan fingerprint density at radius 2 is 1.97 bits per heavy atom. The van der Waals surface area contributed by atoms with E-state index in [9.17, 15) is 13.2 Å². The molecule has 6 atom stereocenters. The minimum atomic E-state index is -4.68. The predicted molar refractivity (Wildman–Crippen MR) is 121 cm³/mol. The fourth-order valence-electron chi connectivity index (χ4n) is 3.97. The van der Waals surface area contributed by atoms with Crippen molar-refractivity contribution in [2.45, 2.75) is 43.2 Å². The Morgan fingerprint density at radius 1 is 1.21 bits per heavy atom. The van der Waals surface area contributed by atoms with Crippen molar-refractivity contribution in [3.05, 3.63) is 70.0 Å². The molecule has 0 spiro atoms. The van der Waals surface area contributed by atoms with Gasteiger partial charge in [-0.1, -0.05) is 38.9 Å². The van der Waals surface area contributed by atoms with E-state index in [1.54, 1.807) is 6.92 Å². The van der Waals surface area contributed by atoms with Gasteiger partial charge in [0.05, 0.1) is 18.1 Å². The maximum absolute atomic E-state index is 13.7. The lowest BCUT2D eigenvalue weighted by molar-refractivity contribution is -0.272. The summed E-state index contributed by atoms with van der Waals surface area (Å²) in [7, 11) is -0.0250. The number of alkyl halides is 3. The van der Waals surface area contributed by atoms with E-state index < -0.39 is 42.0 Å². The number of benzene rings is 1. The van der Waals surface area contributed by atoms with Gasteiger partial charge in [0, 0.05) is 16.2 Å². The second-order valence-electron chi connectivity index (χ2n) is 7.87. The number of hydrogen-bond acceptors (Lipinski definition) is 7. The van der Waals surface area contributed by atoms with Crippen molar-refractivity contribution in [2.75, 3.05) is 6.61 Å². The van der Waals surface area contributed by atoms with Crippen LogP contribution in [0.15, 0.2) is 47.1 Å². The van der Waals surface area contributed by atoms with Crippen molar-refractivity contribution in [3.63, 3.8) is 0 Å². The Labute approximate surface area is 202 Å². The molecule has 0 radical (unpaired) electrons. The zero-order valence-electron chi connectivity index (χ0n) is 17.7. The van der Waals surface area contributed by atoms with E-state index in [0.29, 0.717) is 10.3 Å². The molecule has 2 aliphatic rings. The summed E-state index contributed by atoms with van der Waals surface area (Å²) >= 11 is 3.19. The zero-order valence-corrected chi connectivity index (χ0v) is 20.3. The van der Waals surface area contributed by atoms with Gasteiger partial charge >= 0.3 is 6.18 Å². The minimum absolute atomic E-state index is 0.0250. The van der Waals surface area contributed by atoms with E-state index in [2.05, 4.69) is 31.0 Å². The first-order valence-corrected chi connectivity index (χ1v) is 12.3. The Balaban J connectivity index is 1.43. The highest BCUT2D eigenvalue weighted by atomic mass is 79.9. The number of hydrogen-bond donors (Lipinski definition) is 1. The molecule has 2 saturated heterocycles. The molecular weight excluding hydrogens is 538 g/mol. The van der Waals surface area contributed by atoms with Crippen molar-refractivity contribution < 1.29 is 27.4 Å². The number of nitrogens with two attached hydrogens (primary N) is 1. The molecule has 5 unspecified atom stereocenters. The summed E-state index contributed by atoms with van der Waals surface area (Å²) in [5.74, 6) is -0.585. The van der Waals surface area contributed by atoms with Gasteiger partial charge in [0.2, 0.25) is 0 Å². The number of ether oxygens (including phenoxy) is 3. The average molecular weight is 558 g/mol. The highest BCUT2D eigenvalue weighted by Crippen LogP contribution is 2.48. The highest BCUT2D eigenvalue weighted by molar-refractivity contribution is 9.10. The third-order valence-electron chi connectivity index (χ3n) is 5.44. The number of aryl methyl sites for hydroxylation is 1. The van der Waals surface area contributed by atoms with Crippen LogP contribution in [0.4, 0.5) is 13.2 Å². The van der Waals surface area contributed by atoms with Gasteiger partial charge in [-0.3, -0.25) is 0 Å². The normalized spacial score (nSPS) is 28.1. The number of halogens is 4. The van der Waals surface area contributed by atoms with Gasteiger partial charge in [-0.15, -0.1) is 0 Å². The molecule has 8 nitrogen and oxygen atoms in total. The van der Waals surface area contributed by atoms with Crippen molar-refractivity contribution in [2.24, 2.45) is 5.73 Å². The van der Waals surface area contributed by atoms with Crippen LogP contribution in [0, 0.1) is 6.92 Å². The summed E-state index contributed by atoms with van der Waals surface area (Å²) in [6.07, 6.45) is -5.08. The van der Waals surface area contributed by atoms with E-state index in [4.69, 9.17) is 19.9 Å². The molecule has 2 aliphatic heterocycles. The molecule has 180 valence electrons. The Morgan fingerprint density at radius 3 is 2.71 bits per heavy atom. The number of rotatable bonds is 3. The molecule has 0 saturated carbocycles. The first kappa shape index (κ1) is 23.8. The molecule has 2 aromatic heterocycles. The lowest BCUT2D eigenvalue weighted by atomic mass is 10.1. The van der Waals surface area contributed by atoms with Crippen molar-refractivity contribution in [3.8, 4) is 5.69 Å². The molecule has 4 heterocycles. The molecule has 2 N–H and O–H groups in total. The summed E-state index contributed by atoms with van der Waals surface area (Å²) in [6.45, 7) is 1.82. The summed E-state index contributed by atoms with van der Waals surface area (Å²) in [5, 5.41) is 4.22. The van der Waals surface area contributed by atoms with Crippen LogP contribution in [-0.2, 0) is 20.4 Å². The molecule has 34 heavy (non-hydrogen) atoms. The van der Waals surface area contributed by atoms with Crippen molar-refractivity contribution in [1.82, 2.24) is 19.7 Å². The third-order valence-corrected chi connectivity index (χ3v) is 7.29. The summed E-state index contributed by atoms with van der Waals surface area (Å²) in [4.78, 5) is 7.96. The second-order valence-corrected chi connectivity index (χ2v) is 10.3. The predicted octanol–water partition coefficient (Wildman–Crippen LogP) is 4.23. The lowest BCUT2D eigenvalue weighted by Gasteiger charge is -2.44. The molecule has 0 amide bonds. The largest absolute Gasteiger partial charge is 0.435 e. The van der Waals surface area contributed by atoms with E-state index in [0.717, 1.165) is 16.4 Å². The van der Waals surface area contributed by atoms with E-state index in [1.165, 1.54) is 6.07 Å². The Hall–Kier alpha value is -1.95. The minimum Gasteiger partial charge on any atom is -0.358 e. The van der Waals surface area contributed by atoms with Crippen molar-refractivity contribution >= 4 is 24.5 Å². The Bertz CT molecular complexity index is 1180. The smallest absolute Gasteiger partial charge is 0.358 e. The fourth-order valence-corrected chi connectivity index (χ4v) is 5.71. The molecule has 1 aromatic carbocycles. The van der Waals surface area contributed by atoms with Crippen LogP contribution in [0.3, 0.4) is 0 Å². The highest BCUT2D eigenvalue weighted by Gasteiger charge is 2.45. The van der Waals surface area contributed by atoms with Crippen LogP contribution in [0.25, 0.3) is 5.69 Å². The number of nitrogens with zero attached hydrogens (tertiary/aromatic N) is 4. The van der Waals surface area contributed by atoms with Crippen LogP contribution >= 0.6 is 24.5 Å². The number of fused-ring (bicyclic) bond motifs is 1. The quantitative estimate of drug-likeness (QED) is 0.481. The van der Waals surface area contributed by atoms with Crippen LogP contribution < -0.4 is 5.73 Å². The van der Waals surface area contributed by atoms with Crippen LogP contribution in [0.1, 0.15) is 35.0 Å². The molecule has 2 fully saturated rings. The van der Waals surface area contributed by atoms with Gasteiger partial charge in [0.15, 0.2) is 17.8 Å². The molecule has 5 rings (SSSR count). The summed E-state index contributed by atoms with van der Waals surface area (Å²) in [5.41, 5.74) is 6.02. The maximum Gasteiger partial charge on any atom is 0.435 e. The maximum atomic E-state index is 13.7. The van der Waals surface area contributed by atoms with Gasteiger partial charge in [-0.2, -0.15) is 18.3 Å². The van der Waals surface area contributed by atoms with Crippen molar-refractivity contribution in [1.29, 1.82) is 0 Å². The fraction of sp³-hybridized carbons (Fsp3) is 0.381. The first-order valence-electron chi connectivity index (χ1n) is 10.4. The molecular formula is C21H20BrF3N5O3P. The van der Waals surface area contributed by atoms with Crippen LogP contribution in [0.2, 0.25) is 0 Å². The topological polar surface area (TPSA) is 97.3 Å². The second kappa shape index (κ2) is 9.25. The van der Waals surface area contributed by atoms with E-state index in [1.807, 2.05) is 30.3 Å². The zero-order chi connectivity index (χ0) is 24.0. The van der Waals surface area contributed by atoms with Crippen LogP contribution in [0.5, 0.6) is 0 Å². The number of aromatic nitrogens is 4. The lowest BCUT2D eigenvalue weighted by Crippen LogP contribution is -2.53. The summed E-state index contributed by atoms with van der Waals surface area (Å²) in [6, 6.07) is 10.8. The van der Waals surface area contributed by atoms with Gasteiger partial charge in [-0.05, 0) is 28.9 Å². The monoisotopic (exact) mass is 557 g/mol. The molecule has 3 aromatic rings. The molecule has 0 bridgehead atoms. The Kier molecular flexibility index (Phi) is 6.47. The van der Waals surface area contributed by atoms with E-state index in [-0.39, 0.29) is 26.7 Å². The van der Waals surface area contributed by atoms with Gasteiger partial charge in [-0.25, -0.2) is 14.6 Å². The third kappa shape index (κ3) is 4.62. The average Bonchev–Trinajstić information content (AvgIpc) is 3.20. The SMILES string of the molecule is Cc1nc(C2OC3COC(c4ccccc4)OC3[C@H](N)P2)n(-c2cc(Br)cnc2C(F)(F)F)n1. The van der Waals surface area contributed by atoms with Crippen LogP contribution in [-0.4, -0.2) is 44.3 Å². The number of pyridine rings is 1. The standard InChI is InChI=1S/C21H20BrF3N5O3P/c1-10-28-18(30(29-10)13-7-12(22)8-27-16(13)21(23,24)25)20-32-14-9-31-19(11-5-3-2-4-6-11)33-15(14)17(26)34-20/h2-8,14-15,17,19-20,34H,9,26H2,1H3/t14?,15?,17-,19?,20?/m1/s1. The first-order chi connectivity index (χ1) is 16.2. The molecule has 0 aliphatic carbocycles. The van der Waals surface area contributed by atoms with Gasteiger partial charge in [0.25, 0.3) is 0 Å². The molecule has 13 heteroatoms.